The lowest BCUT2D eigenvalue weighted by molar-refractivity contribution is 0.333. The molecule has 0 aliphatic carbocycles. The van der Waals surface area contributed by atoms with Crippen LogP contribution >= 0.6 is 0 Å². The van der Waals surface area contributed by atoms with Gasteiger partial charge in [0.2, 0.25) is 5.88 Å². The molecule has 2 heterocycles. The molecule has 0 bridgehead atoms. The van der Waals surface area contributed by atoms with Crippen LogP contribution in [0.1, 0.15) is 0 Å². The van der Waals surface area contributed by atoms with E-state index in [0.29, 0.717) is 5.88 Å². The third-order valence-electron chi connectivity index (χ3n) is 2.73. The SMILES string of the molecule is COc1cccc(N2CCN([C]=C=O)CC2)n1. The van der Waals surface area contributed by atoms with Gasteiger partial charge in [0.15, 0.2) is 12.1 Å². The van der Waals surface area contributed by atoms with Crippen LogP contribution in [-0.4, -0.2) is 49.1 Å². The van der Waals surface area contributed by atoms with E-state index < -0.39 is 0 Å². The predicted molar refractivity (Wildman–Crippen MR) is 63.5 cm³/mol. The molecule has 2 rings (SSSR count). The number of pyridine rings is 1. The number of nitrogens with zero attached hydrogens (tertiary/aromatic N) is 3. The van der Waals surface area contributed by atoms with Crippen molar-refractivity contribution in [2.75, 3.05) is 38.2 Å². The Morgan fingerprint density at radius 2 is 2.06 bits per heavy atom. The summed E-state index contributed by atoms with van der Waals surface area (Å²) in [5, 5.41) is 0. The maximum Gasteiger partial charge on any atom is 0.214 e. The van der Waals surface area contributed by atoms with Gasteiger partial charge in [-0.3, -0.25) is 0 Å². The minimum Gasteiger partial charge on any atom is -0.481 e. The summed E-state index contributed by atoms with van der Waals surface area (Å²) < 4.78 is 5.09. The van der Waals surface area contributed by atoms with Crippen molar-refractivity contribution in [2.45, 2.75) is 0 Å². The first-order chi connectivity index (χ1) is 8.33. The third-order valence-corrected chi connectivity index (χ3v) is 2.73. The van der Waals surface area contributed by atoms with Gasteiger partial charge >= 0.3 is 0 Å². The van der Waals surface area contributed by atoms with Gasteiger partial charge in [0.25, 0.3) is 0 Å². The lowest BCUT2D eigenvalue weighted by atomic mass is 10.3. The quantitative estimate of drug-likeness (QED) is 0.704. The van der Waals surface area contributed by atoms with E-state index in [-0.39, 0.29) is 0 Å². The Hall–Kier alpha value is -2.00. The lowest BCUT2D eigenvalue weighted by Gasteiger charge is -2.33. The van der Waals surface area contributed by atoms with Crippen molar-refractivity contribution >= 4 is 11.8 Å². The Balaban J connectivity index is 2.02. The van der Waals surface area contributed by atoms with E-state index in [4.69, 9.17) is 4.74 Å². The fourth-order valence-electron chi connectivity index (χ4n) is 1.81. The summed E-state index contributed by atoms with van der Waals surface area (Å²) in [5.74, 6) is 3.20. The van der Waals surface area contributed by atoms with Crippen LogP contribution in [0.4, 0.5) is 5.82 Å². The molecule has 0 saturated carbocycles. The second kappa shape index (κ2) is 5.37. The predicted octanol–water partition coefficient (Wildman–Crippen LogP) is 0.361. The molecule has 1 aromatic heterocycles. The Morgan fingerprint density at radius 3 is 2.71 bits per heavy atom. The first-order valence-corrected chi connectivity index (χ1v) is 5.47. The molecule has 1 aliphatic rings. The molecular formula is C12H14N3O2. The zero-order chi connectivity index (χ0) is 12.1. The third kappa shape index (κ3) is 2.77. The first kappa shape index (κ1) is 11.5. The molecule has 0 unspecified atom stereocenters. The van der Waals surface area contributed by atoms with E-state index in [1.54, 1.807) is 13.1 Å². The van der Waals surface area contributed by atoms with Crippen LogP contribution < -0.4 is 9.64 Å². The molecule has 0 atom stereocenters. The van der Waals surface area contributed by atoms with Crippen molar-refractivity contribution in [1.82, 2.24) is 9.88 Å². The molecular weight excluding hydrogens is 218 g/mol. The molecule has 1 radical (unpaired) electrons. The fourth-order valence-corrected chi connectivity index (χ4v) is 1.81. The van der Waals surface area contributed by atoms with Gasteiger partial charge in [0.05, 0.1) is 7.11 Å². The van der Waals surface area contributed by atoms with Crippen LogP contribution in [0, 0.1) is 6.20 Å². The molecule has 0 N–H and O–H groups in total. The Labute approximate surface area is 100 Å². The molecule has 0 aromatic carbocycles. The first-order valence-electron chi connectivity index (χ1n) is 5.47. The Kier molecular flexibility index (Phi) is 3.62. The van der Waals surface area contributed by atoms with E-state index in [0.717, 1.165) is 32.0 Å². The standard InChI is InChI=1S/C12H14N3O2/c1-17-12-4-2-3-11(13-12)15-7-5-14(6-8-15)9-10-16/h2-4H,5-8H2,1H3. The van der Waals surface area contributed by atoms with Crippen LogP contribution in [0.2, 0.25) is 0 Å². The Bertz CT molecular complexity index is 422. The van der Waals surface area contributed by atoms with E-state index in [2.05, 4.69) is 16.1 Å². The molecule has 1 aliphatic heterocycles. The number of piperazine rings is 1. The highest BCUT2D eigenvalue weighted by atomic mass is 16.5. The van der Waals surface area contributed by atoms with Crippen molar-refractivity contribution in [2.24, 2.45) is 0 Å². The number of ether oxygens (including phenoxy) is 1. The van der Waals surface area contributed by atoms with Crippen LogP contribution in [0.3, 0.4) is 0 Å². The highest BCUT2D eigenvalue weighted by Crippen LogP contribution is 2.17. The van der Waals surface area contributed by atoms with Crippen molar-refractivity contribution in [1.29, 1.82) is 0 Å². The number of rotatable bonds is 3. The summed E-state index contributed by atoms with van der Waals surface area (Å²) in [4.78, 5) is 18.6. The largest absolute Gasteiger partial charge is 0.481 e. The van der Waals surface area contributed by atoms with Gasteiger partial charge in [-0.2, -0.15) is 4.98 Å². The average molecular weight is 232 g/mol. The second-order valence-electron chi connectivity index (χ2n) is 3.73. The van der Waals surface area contributed by atoms with Crippen LogP contribution in [0.5, 0.6) is 5.88 Å². The lowest BCUT2D eigenvalue weighted by Crippen LogP contribution is -2.44. The highest BCUT2D eigenvalue weighted by molar-refractivity contribution is 5.42. The van der Waals surface area contributed by atoms with Crippen molar-refractivity contribution < 1.29 is 9.53 Å². The maximum absolute atomic E-state index is 10.2. The minimum absolute atomic E-state index is 0.615. The van der Waals surface area contributed by atoms with Crippen molar-refractivity contribution in [3.05, 3.63) is 24.4 Å². The molecule has 17 heavy (non-hydrogen) atoms. The fraction of sp³-hybridized carbons (Fsp3) is 0.417. The smallest absolute Gasteiger partial charge is 0.214 e. The van der Waals surface area contributed by atoms with Gasteiger partial charge in [-0.1, -0.05) is 6.07 Å². The van der Waals surface area contributed by atoms with E-state index in [9.17, 15) is 4.79 Å². The number of hydrogen-bond acceptors (Lipinski definition) is 5. The zero-order valence-corrected chi connectivity index (χ0v) is 9.72. The summed E-state index contributed by atoms with van der Waals surface area (Å²) >= 11 is 0. The minimum atomic E-state index is 0.615. The second-order valence-corrected chi connectivity index (χ2v) is 3.73. The summed E-state index contributed by atoms with van der Waals surface area (Å²) in [7, 11) is 1.61. The average Bonchev–Trinajstić information content (AvgIpc) is 2.40. The summed E-state index contributed by atoms with van der Waals surface area (Å²) in [5.41, 5.74) is 0. The maximum atomic E-state index is 10.2. The van der Waals surface area contributed by atoms with Gasteiger partial charge in [0, 0.05) is 32.2 Å². The normalized spacial score (nSPS) is 15.4. The number of carbonyl (C=O) groups excluding carboxylic acids is 1. The molecule has 89 valence electrons. The topological polar surface area (TPSA) is 45.7 Å². The molecule has 1 aromatic rings. The van der Waals surface area contributed by atoms with Crippen LogP contribution in [-0.2, 0) is 4.79 Å². The van der Waals surface area contributed by atoms with Crippen molar-refractivity contribution in [3.63, 3.8) is 0 Å². The summed E-state index contributed by atoms with van der Waals surface area (Å²) in [6.45, 7) is 3.14. The van der Waals surface area contributed by atoms with Gasteiger partial charge in [-0.05, 0) is 6.07 Å². The number of hydrogen-bond donors (Lipinski definition) is 0. The van der Waals surface area contributed by atoms with Gasteiger partial charge in [-0.25, -0.2) is 4.79 Å². The van der Waals surface area contributed by atoms with E-state index in [1.165, 1.54) is 0 Å². The molecule has 5 heteroatoms. The summed E-state index contributed by atoms with van der Waals surface area (Å²) in [6.07, 6.45) is 2.54. The van der Waals surface area contributed by atoms with Crippen LogP contribution in [0.25, 0.3) is 0 Å². The van der Waals surface area contributed by atoms with Crippen molar-refractivity contribution in [3.8, 4) is 5.88 Å². The monoisotopic (exact) mass is 232 g/mol. The summed E-state index contributed by atoms with van der Waals surface area (Å²) in [6, 6.07) is 5.70. The highest BCUT2D eigenvalue weighted by Gasteiger charge is 2.16. The zero-order valence-electron chi connectivity index (χ0n) is 9.72. The Morgan fingerprint density at radius 1 is 1.29 bits per heavy atom. The van der Waals surface area contributed by atoms with Gasteiger partial charge < -0.3 is 14.5 Å². The number of anilines is 1. The number of methoxy groups -OCH3 is 1. The van der Waals surface area contributed by atoms with E-state index in [1.807, 2.05) is 23.1 Å². The molecule has 5 nitrogen and oxygen atoms in total. The molecule has 1 saturated heterocycles. The molecule has 0 amide bonds. The number of aromatic nitrogens is 1. The molecule has 1 fully saturated rings. The van der Waals surface area contributed by atoms with E-state index >= 15 is 0 Å². The van der Waals surface area contributed by atoms with Crippen LogP contribution in [0.15, 0.2) is 18.2 Å². The van der Waals surface area contributed by atoms with Gasteiger partial charge in [-0.15, -0.1) is 0 Å². The molecule has 0 spiro atoms. The van der Waals surface area contributed by atoms with Gasteiger partial charge in [0.1, 0.15) is 5.82 Å².